The number of aromatic nitrogens is 2. The van der Waals surface area contributed by atoms with Gasteiger partial charge in [-0.05, 0) is 58.4 Å². The summed E-state index contributed by atoms with van der Waals surface area (Å²) in [5.74, 6) is 0.0893. The van der Waals surface area contributed by atoms with E-state index in [1.54, 1.807) is 18.2 Å². The van der Waals surface area contributed by atoms with Gasteiger partial charge in [0.25, 0.3) is 11.8 Å². The summed E-state index contributed by atoms with van der Waals surface area (Å²) in [4.78, 5) is 35.6. The van der Waals surface area contributed by atoms with E-state index in [4.69, 9.17) is 11.6 Å². The normalized spacial score (nSPS) is 11.1. The van der Waals surface area contributed by atoms with E-state index in [1.165, 1.54) is 11.3 Å². The zero-order valence-corrected chi connectivity index (χ0v) is 17.9. The SMILES string of the molecule is Cc1nc(C)c2c(C)c(C(=O)Nc3cc(Cl)ccc3C(=O)NC(C)C)sc2n1. The van der Waals surface area contributed by atoms with Crippen molar-refractivity contribution in [1.82, 2.24) is 15.3 Å². The number of nitrogens with one attached hydrogen (secondary N) is 2. The van der Waals surface area contributed by atoms with E-state index in [-0.39, 0.29) is 17.9 Å². The Morgan fingerprint density at radius 3 is 2.50 bits per heavy atom. The number of halogens is 1. The topological polar surface area (TPSA) is 84.0 Å². The number of benzene rings is 1. The molecule has 1 aromatic carbocycles. The predicted octanol–water partition coefficient (Wildman–Crippen LogP) is 4.66. The van der Waals surface area contributed by atoms with Crippen molar-refractivity contribution >= 4 is 50.7 Å². The number of nitrogens with zero attached hydrogens (tertiary/aromatic N) is 2. The van der Waals surface area contributed by atoms with Gasteiger partial charge in [0.15, 0.2) is 0 Å². The standard InChI is InChI=1S/C20H21ClN4O2S/c1-9(2)22-18(26)14-7-6-13(21)8-15(14)25-19(27)17-10(3)16-11(4)23-12(5)24-20(16)28-17/h6-9H,1-5H3,(H,22,26)(H,25,27). The molecule has 0 saturated heterocycles. The summed E-state index contributed by atoms with van der Waals surface area (Å²) in [6.45, 7) is 9.36. The summed E-state index contributed by atoms with van der Waals surface area (Å²) in [6, 6.07) is 4.78. The molecule has 3 aromatic rings. The van der Waals surface area contributed by atoms with Crippen molar-refractivity contribution < 1.29 is 9.59 Å². The smallest absolute Gasteiger partial charge is 0.266 e. The number of anilines is 1. The van der Waals surface area contributed by atoms with Crippen molar-refractivity contribution in [3.05, 3.63) is 50.7 Å². The van der Waals surface area contributed by atoms with Crippen LogP contribution in [0.3, 0.4) is 0 Å². The maximum absolute atomic E-state index is 13.0. The number of thiophene rings is 1. The van der Waals surface area contributed by atoms with E-state index in [9.17, 15) is 9.59 Å². The number of carbonyl (C=O) groups excluding carboxylic acids is 2. The van der Waals surface area contributed by atoms with Crippen molar-refractivity contribution in [1.29, 1.82) is 0 Å². The highest BCUT2D eigenvalue weighted by Crippen LogP contribution is 2.32. The molecule has 0 aliphatic carbocycles. The summed E-state index contributed by atoms with van der Waals surface area (Å²) >= 11 is 7.40. The first kappa shape index (κ1) is 20.2. The van der Waals surface area contributed by atoms with E-state index in [2.05, 4.69) is 20.6 Å². The van der Waals surface area contributed by atoms with Gasteiger partial charge < -0.3 is 10.6 Å². The first-order chi connectivity index (χ1) is 13.2. The molecular formula is C20H21ClN4O2S. The van der Waals surface area contributed by atoms with Crippen LogP contribution in [0.25, 0.3) is 10.2 Å². The highest BCUT2D eigenvalue weighted by molar-refractivity contribution is 7.20. The summed E-state index contributed by atoms with van der Waals surface area (Å²) in [5, 5.41) is 6.99. The van der Waals surface area contributed by atoms with Crippen molar-refractivity contribution in [3.8, 4) is 0 Å². The van der Waals surface area contributed by atoms with Gasteiger partial charge >= 0.3 is 0 Å². The average Bonchev–Trinajstić information content (AvgIpc) is 2.91. The second-order valence-electron chi connectivity index (χ2n) is 6.86. The van der Waals surface area contributed by atoms with Crippen LogP contribution in [0.5, 0.6) is 0 Å². The summed E-state index contributed by atoms with van der Waals surface area (Å²) in [5.41, 5.74) is 2.39. The Balaban J connectivity index is 1.99. The van der Waals surface area contributed by atoms with Crippen LogP contribution in [-0.4, -0.2) is 27.8 Å². The van der Waals surface area contributed by atoms with E-state index >= 15 is 0 Å². The number of aryl methyl sites for hydroxylation is 3. The van der Waals surface area contributed by atoms with Gasteiger partial charge in [-0.2, -0.15) is 0 Å². The molecule has 0 spiro atoms. The molecule has 0 radical (unpaired) electrons. The first-order valence-electron chi connectivity index (χ1n) is 8.83. The van der Waals surface area contributed by atoms with E-state index < -0.39 is 0 Å². The number of carbonyl (C=O) groups is 2. The van der Waals surface area contributed by atoms with Gasteiger partial charge in [0.1, 0.15) is 10.7 Å². The van der Waals surface area contributed by atoms with Crippen LogP contribution in [0.1, 0.15) is 51.0 Å². The van der Waals surface area contributed by atoms with Gasteiger partial charge in [-0.25, -0.2) is 9.97 Å². The van der Waals surface area contributed by atoms with E-state index in [0.717, 1.165) is 21.5 Å². The van der Waals surface area contributed by atoms with Crippen LogP contribution in [0, 0.1) is 20.8 Å². The monoisotopic (exact) mass is 416 g/mol. The molecule has 0 bridgehead atoms. The zero-order valence-electron chi connectivity index (χ0n) is 16.3. The van der Waals surface area contributed by atoms with E-state index in [0.29, 0.717) is 27.0 Å². The molecule has 146 valence electrons. The lowest BCUT2D eigenvalue weighted by molar-refractivity contribution is 0.0944. The Morgan fingerprint density at radius 1 is 1.11 bits per heavy atom. The lowest BCUT2D eigenvalue weighted by Gasteiger charge is -2.13. The number of rotatable bonds is 4. The highest BCUT2D eigenvalue weighted by Gasteiger charge is 2.21. The van der Waals surface area contributed by atoms with Gasteiger partial charge in [-0.1, -0.05) is 11.6 Å². The second kappa shape index (κ2) is 7.85. The quantitative estimate of drug-likeness (QED) is 0.647. The number of hydrogen-bond donors (Lipinski definition) is 2. The molecule has 2 amide bonds. The fourth-order valence-corrected chi connectivity index (χ4v) is 4.37. The van der Waals surface area contributed by atoms with Crippen LogP contribution in [0.4, 0.5) is 5.69 Å². The maximum Gasteiger partial charge on any atom is 0.266 e. The van der Waals surface area contributed by atoms with Crippen LogP contribution in [0.15, 0.2) is 18.2 Å². The Morgan fingerprint density at radius 2 is 1.82 bits per heavy atom. The largest absolute Gasteiger partial charge is 0.350 e. The third-order valence-corrected chi connectivity index (χ3v) is 5.60. The fourth-order valence-electron chi connectivity index (χ4n) is 3.03. The predicted molar refractivity (Wildman–Crippen MR) is 114 cm³/mol. The molecule has 0 saturated carbocycles. The maximum atomic E-state index is 13.0. The fraction of sp³-hybridized carbons (Fsp3) is 0.300. The van der Waals surface area contributed by atoms with Gasteiger partial charge in [-0.3, -0.25) is 9.59 Å². The molecule has 8 heteroatoms. The Kier molecular flexibility index (Phi) is 5.67. The van der Waals surface area contributed by atoms with Gasteiger partial charge in [0.2, 0.25) is 0 Å². The van der Waals surface area contributed by atoms with Crippen molar-refractivity contribution in [2.24, 2.45) is 0 Å². The summed E-state index contributed by atoms with van der Waals surface area (Å²) in [6.07, 6.45) is 0. The Hall–Kier alpha value is -2.51. The van der Waals surface area contributed by atoms with Crippen molar-refractivity contribution in [3.63, 3.8) is 0 Å². The Labute approximate surface area is 172 Å². The molecule has 2 N–H and O–H groups in total. The average molecular weight is 417 g/mol. The summed E-state index contributed by atoms with van der Waals surface area (Å²) < 4.78 is 0. The van der Waals surface area contributed by atoms with Gasteiger partial charge in [0, 0.05) is 22.1 Å². The highest BCUT2D eigenvalue weighted by atomic mass is 35.5. The molecule has 6 nitrogen and oxygen atoms in total. The molecule has 28 heavy (non-hydrogen) atoms. The second-order valence-corrected chi connectivity index (χ2v) is 8.30. The summed E-state index contributed by atoms with van der Waals surface area (Å²) in [7, 11) is 0. The minimum atomic E-state index is -0.307. The number of hydrogen-bond acceptors (Lipinski definition) is 5. The number of fused-ring (bicyclic) bond motifs is 1. The first-order valence-corrected chi connectivity index (χ1v) is 10.0. The van der Waals surface area contributed by atoms with Gasteiger partial charge in [-0.15, -0.1) is 11.3 Å². The van der Waals surface area contributed by atoms with Crippen LogP contribution in [-0.2, 0) is 0 Å². The molecule has 0 fully saturated rings. The molecule has 0 unspecified atom stereocenters. The molecule has 0 atom stereocenters. The van der Waals surface area contributed by atoms with E-state index in [1.807, 2.05) is 34.6 Å². The minimum Gasteiger partial charge on any atom is -0.350 e. The van der Waals surface area contributed by atoms with Gasteiger partial charge in [0.05, 0.1) is 16.1 Å². The zero-order chi connectivity index (χ0) is 20.6. The number of amides is 2. The molecular weight excluding hydrogens is 396 g/mol. The van der Waals surface area contributed by atoms with Crippen molar-refractivity contribution in [2.45, 2.75) is 40.7 Å². The lowest BCUT2D eigenvalue weighted by Crippen LogP contribution is -2.31. The molecule has 0 aliphatic heterocycles. The van der Waals surface area contributed by atoms with Crippen LogP contribution >= 0.6 is 22.9 Å². The third kappa shape index (κ3) is 4.00. The van der Waals surface area contributed by atoms with Crippen LogP contribution in [0.2, 0.25) is 5.02 Å². The molecule has 3 rings (SSSR count). The molecule has 2 aromatic heterocycles. The minimum absolute atomic E-state index is 0.0265. The van der Waals surface area contributed by atoms with Crippen molar-refractivity contribution in [2.75, 3.05) is 5.32 Å². The van der Waals surface area contributed by atoms with Crippen LogP contribution < -0.4 is 10.6 Å². The Bertz CT molecular complexity index is 1090. The third-order valence-electron chi connectivity index (χ3n) is 4.18. The molecule has 0 aliphatic rings. The molecule has 2 heterocycles. The lowest BCUT2D eigenvalue weighted by atomic mass is 10.1.